The van der Waals surface area contributed by atoms with Crippen molar-refractivity contribution >= 4 is 5.91 Å². The van der Waals surface area contributed by atoms with Crippen LogP contribution in [-0.4, -0.2) is 42.1 Å². The first kappa shape index (κ1) is 12.5. The third-order valence-corrected chi connectivity index (χ3v) is 2.52. The molecule has 1 atom stereocenters. The lowest BCUT2D eigenvalue weighted by molar-refractivity contribution is -0.158. The molecule has 0 spiro atoms. The van der Waals surface area contributed by atoms with E-state index in [0.29, 0.717) is 26.1 Å². The van der Waals surface area contributed by atoms with E-state index in [4.69, 9.17) is 10.5 Å². The first-order valence-electron chi connectivity index (χ1n) is 5.60. The lowest BCUT2D eigenvalue weighted by Gasteiger charge is -2.41. The van der Waals surface area contributed by atoms with Gasteiger partial charge in [-0.25, -0.2) is 0 Å². The zero-order chi connectivity index (χ0) is 11.5. The number of amides is 1. The monoisotopic (exact) mass is 214 g/mol. The molecule has 1 saturated heterocycles. The van der Waals surface area contributed by atoms with Gasteiger partial charge < -0.3 is 15.4 Å². The SMILES string of the molecule is CC1CN(C(=O)CCCN)CC(C)(C)O1. The van der Waals surface area contributed by atoms with Crippen molar-refractivity contribution in [2.24, 2.45) is 5.73 Å². The van der Waals surface area contributed by atoms with Crippen molar-refractivity contribution in [2.45, 2.75) is 45.3 Å². The van der Waals surface area contributed by atoms with Crippen LogP contribution in [0.1, 0.15) is 33.6 Å². The van der Waals surface area contributed by atoms with Gasteiger partial charge in [0.2, 0.25) is 5.91 Å². The highest BCUT2D eigenvalue weighted by molar-refractivity contribution is 5.76. The summed E-state index contributed by atoms with van der Waals surface area (Å²) in [5, 5.41) is 0. The molecule has 1 fully saturated rings. The van der Waals surface area contributed by atoms with Crippen molar-refractivity contribution in [2.75, 3.05) is 19.6 Å². The Morgan fingerprint density at radius 3 is 2.80 bits per heavy atom. The van der Waals surface area contributed by atoms with Gasteiger partial charge in [-0.05, 0) is 33.7 Å². The number of nitrogens with two attached hydrogens (primary N) is 1. The maximum absolute atomic E-state index is 11.8. The minimum atomic E-state index is -0.226. The van der Waals surface area contributed by atoms with Crippen LogP contribution in [0.2, 0.25) is 0 Å². The topological polar surface area (TPSA) is 55.6 Å². The number of ether oxygens (including phenoxy) is 1. The molecule has 1 rings (SSSR count). The Labute approximate surface area is 91.8 Å². The lowest BCUT2D eigenvalue weighted by Crippen LogP contribution is -2.53. The predicted molar refractivity (Wildman–Crippen MR) is 59.5 cm³/mol. The molecule has 88 valence electrons. The van der Waals surface area contributed by atoms with Gasteiger partial charge >= 0.3 is 0 Å². The Morgan fingerprint density at radius 1 is 1.60 bits per heavy atom. The fraction of sp³-hybridized carbons (Fsp3) is 0.909. The van der Waals surface area contributed by atoms with Gasteiger partial charge in [-0.2, -0.15) is 0 Å². The molecule has 0 aromatic carbocycles. The van der Waals surface area contributed by atoms with Crippen molar-refractivity contribution in [3.05, 3.63) is 0 Å². The molecule has 1 amide bonds. The Hall–Kier alpha value is -0.610. The Bertz CT molecular complexity index is 229. The first-order chi connectivity index (χ1) is 6.94. The number of hydrogen-bond acceptors (Lipinski definition) is 3. The van der Waals surface area contributed by atoms with Crippen LogP contribution in [0.15, 0.2) is 0 Å². The lowest BCUT2D eigenvalue weighted by atomic mass is 10.0. The minimum Gasteiger partial charge on any atom is -0.369 e. The Balaban J connectivity index is 2.50. The van der Waals surface area contributed by atoms with Crippen LogP contribution < -0.4 is 5.73 Å². The quantitative estimate of drug-likeness (QED) is 0.754. The van der Waals surface area contributed by atoms with Crippen molar-refractivity contribution in [1.29, 1.82) is 0 Å². The van der Waals surface area contributed by atoms with E-state index >= 15 is 0 Å². The number of rotatable bonds is 3. The standard InChI is InChI=1S/C11H22N2O2/c1-9-7-13(8-11(2,3)15-9)10(14)5-4-6-12/h9H,4-8,12H2,1-3H3. The highest BCUT2D eigenvalue weighted by Crippen LogP contribution is 2.21. The van der Waals surface area contributed by atoms with E-state index in [0.717, 1.165) is 6.42 Å². The summed E-state index contributed by atoms with van der Waals surface area (Å²) in [5.74, 6) is 0.198. The van der Waals surface area contributed by atoms with Gasteiger partial charge in [0.05, 0.1) is 11.7 Å². The highest BCUT2D eigenvalue weighted by Gasteiger charge is 2.33. The van der Waals surface area contributed by atoms with Gasteiger partial charge in [-0.3, -0.25) is 4.79 Å². The van der Waals surface area contributed by atoms with Crippen molar-refractivity contribution < 1.29 is 9.53 Å². The van der Waals surface area contributed by atoms with Crippen molar-refractivity contribution in [1.82, 2.24) is 4.90 Å². The molecule has 0 saturated carbocycles. The summed E-state index contributed by atoms with van der Waals surface area (Å²) in [4.78, 5) is 13.7. The molecule has 15 heavy (non-hydrogen) atoms. The molecule has 1 heterocycles. The van der Waals surface area contributed by atoms with Crippen molar-refractivity contribution in [3.8, 4) is 0 Å². The third kappa shape index (κ3) is 3.80. The van der Waals surface area contributed by atoms with E-state index < -0.39 is 0 Å². The third-order valence-electron chi connectivity index (χ3n) is 2.52. The summed E-state index contributed by atoms with van der Waals surface area (Å²) < 4.78 is 5.74. The number of morpholine rings is 1. The highest BCUT2D eigenvalue weighted by atomic mass is 16.5. The van der Waals surface area contributed by atoms with E-state index in [1.54, 1.807) is 0 Å². The van der Waals surface area contributed by atoms with E-state index in [2.05, 4.69) is 0 Å². The van der Waals surface area contributed by atoms with E-state index in [-0.39, 0.29) is 17.6 Å². The average molecular weight is 214 g/mol. The maximum atomic E-state index is 11.8. The van der Waals surface area contributed by atoms with E-state index in [1.165, 1.54) is 0 Å². The van der Waals surface area contributed by atoms with Crippen LogP contribution in [0.25, 0.3) is 0 Å². The molecule has 4 nitrogen and oxygen atoms in total. The fourth-order valence-corrected chi connectivity index (χ4v) is 2.06. The van der Waals surface area contributed by atoms with Gasteiger partial charge in [0.15, 0.2) is 0 Å². The van der Waals surface area contributed by atoms with Crippen LogP contribution in [-0.2, 0) is 9.53 Å². The van der Waals surface area contributed by atoms with Crippen LogP contribution in [0, 0.1) is 0 Å². The molecule has 0 bridgehead atoms. The molecular weight excluding hydrogens is 192 g/mol. The largest absolute Gasteiger partial charge is 0.369 e. The van der Waals surface area contributed by atoms with E-state index in [9.17, 15) is 4.79 Å². The summed E-state index contributed by atoms with van der Waals surface area (Å²) in [6, 6.07) is 0. The normalized spacial score (nSPS) is 25.3. The average Bonchev–Trinajstić information content (AvgIpc) is 2.10. The molecule has 4 heteroatoms. The molecule has 0 aromatic rings. The van der Waals surface area contributed by atoms with Crippen molar-refractivity contribution in [3.63, 3.8) is 0 Å². The van der Waals surface area contributed by atoms with Crippen LogP contribution in [0.5, 0.6) is 0 Å². The van der Waals surface area contributed by atoms with Gasteiger partial charge in [0.25, 0.3) is 0 Å². The second kappa shape index (κ2) is 4.94. The summed E-state index contributed by atoms with van der Waals surface area (Å²) in [6.07, 6.45) is 1.44. The van der Waals surface area contributed by atoms with Gasteiger partial charge in [0.1, 0.15) is 0 Å². The zero-order valence-electron chi connectivity index (χ0n) is 9.95. The Morgan fingerprint density at radius 2 is 2.27 bits per heavy atom. The molecule has 2 N–H and O–H groups in total. The maximum Gasteiger partial charge on any atom is 0.222 e. The van der Waals surface area contributed by atoms with Crippen LogP contribution >= 0.6 is 0 Å². The number of hydrogen-bond donors (Lipinski definition) is 1. The first-order valence-corrected chi connectivity index (χ1v) is 5.60. The fourth-order valence-electron chi connectivity index (χ4n) is 2.06. The minimum absolute atomic E-state index is 0.121. The van der Waals surface area contributed by atoms with Gasteiger partial charge in [0, 0.05) is 19.5 Å². The molecular formula is C11H22N2O2. The van der Waals surface area contributed by atoms with E-state index in [1.807, 2.05) is 25.7 Å². The molecule has 1 unspecified atom stereocenters. The zero-order valence-corrected chi connectivity index (χ0v) is 9.95. The number of nitrogens with zero attached hydrogens (tertiary/aromatic N) is 1. The smallest absolute Gasteiger partial charge is 0.222 e. The molecule has 0 aromatic heterocycles. The van der Waals surface area contributed by atoms with Crippen LogP contribution in [0.4, 0.5) is 0 Å². The second-order valence-corrected chi connectivity index (χ2v) is 4.85. The summed E-state index contributed by atoms with van der Waals surface area (Å²) in [5.41, 5.74) is 5.17. The predicted octanol–water partition coefficient (Wildman–Crippen LogP) is 0.751. The van der Waals surface area contributed by atoms with Gasteiger partial charge in [-0.1, -0.05) is 0 Å². The molecule has 1 aliphatic rings. The molecule has 0 aliphatic carbocycles. The molecule has 1 aliphatic heterocycles. The summed E-state index contributed by atoms with van der Waals surface area (Å²) in [6.45, 7) is 8.00. The summed E-state index contributed by atoms with van der Waals surface area (Å²) >= 11 is 0. The van der Waals surface area contributed by atoms with Crippen LogP contribution in [0.3, 0.4) is 0 Å². The Kier molecular flexibility index (Phi) is 4.11. The van der Waals surface area contributed by atoms with Gasteiger partial charge in [-0.15, -0.1) is 0 Å². The second-order valence-electron chi connectivity index (χ2n) is 4.85. The number of carbonyl (C=O) groups is 1. The molecule has 0 radical (unpaired) electrons. The summed E-state index contributed by atoms with van der Waals surface area (Å²) in [7, 11) is 0. The number of carbonyl (C=O) groups excluding carboxylic acids is 1.